The van der Waals surface area contributed by atoms with E-state index in [1.807, 2.05) is 76.2 Å². The average molecular weight is 328 g/mol. The van der Waals surface area contributed by atoms with Crippen LogP contribution in [0.15, 0.2) is 91.3 Å². The van der Waals surface area contributed by atoms with Crippen LogP contribution in [0.25, 0.3) is 0 Å². The molecular formula is C20H24O4. The summed E-state index contributed by atoms with van der Waals surface area (Å²) in [6, 6.07) is 15.1. The van der Waals surface area contributed by atoms with Gasteiger partial charge in [-0.2, -0.15) is 0 Å². The first-order chi connectivity index (χ1) is 11.6. The molecule has 24 heavy (non-hydrogen) atoms. The van der Waals surface area contributed by atoms with Crippen LogP contribution in [-0.4, -0.2) is 0 Å². The van der Waals surface area contributed by atoms with E-state index in [0.717, 1.165) is 23.0 Å². The normalized spacial score (nSPS) is 8.83. The zero-order valence-electron chi connectivity index (χ0n) is 14.6. The topological polar surface area (TPSA) is 52.6 Å². The van der Waals surface area contributed by atoms with E-state index in [1.165, 1.54) is 0 Å². The molecule has 0 aliphatic heterocycles. The number of hydrogen-bond acceptors (Lipinski definition) is 4. The van der Waals surface area contributed by atoms with Crippen LogP contribution in [-0.2, 0) is 0 Å². The highest BCUT2D eigenvalue weighted by Crippen LogP contribution is 1.95. The second-order valence-corrected chi connectivity index (χ2v) is 4.89. The van der Waals surface area contributed by atoms with Crippen molar-refractivity contribution in [1.29, 1.82) is 0 Å². The van der Waals surface area contributed by atoms with Crippen molar-refractivity contribution in [1.82, 2.24) is 0 Å². The van der Waals surface area contributed by atoms with Crippen molar-refractivity contribution in [3.05, 3.63) is 96.6 Å². The molecule has 0 saturated carbocycles. The lowest BCUT2D eigenvalue weighted by molar-refractivity contribution is 0.534. The van der Waals surface area contributed by atoms with Gasteiger partial charge in [0.2, 0.25) is 0 Å². The van der Waals surface area contributed by atoms with Gasteiger partial charge in [-0.15, -0.1) is 0 Å². The van der Waals surface area contributed by atoms with E-state index in [4.69, 9.17) is 17.7 Å². The van der Waals surface area contributed by atoms with Crippen LogP contribution in [0.4, 0.5) is 0 Å². The highest BCUT2D eigenvalue weighted by atomic mass is 16.3. The van der Waals surface area contributed by atoms with Crippen molar-refractivity contribution < 1.29 is 17.7 Å². The first-order valence-electron chi connectivity index (χ1n) is 7.58. The molecule has 128 valence electrons. The van der Waals surface area contributed by atoms with Crippen molar-refractivity contribution in [2.24, 2.45) is 0 Å². The molecule has 0 N–H and O–H groups in total. The summed E-state index contributed by atoms with van der Waals surface area (Å²) in [6.45, 7) is 7.67. The number of hydrogen-bond donors (Lipinski definition) is 0. The molecule has 0 aliphatic carbocycles. The maximum atomic E-state index is 4.83. The quantitative estimate of drug-likeness (QED) is 0.377. The van der Waals surface area contributed by atoms with Crippen molar-refractivity contribution >= 4 is 0 Å². The Morgan fingerprint density at radius 1 is 0.417 bits per heavy atom. The lowest BCUT2D eigenvalue weighted by atomic mass is 10.5. The van der Waals surface area contributed by atoms with Gasteiger partial charge >= 0.3 is 0 Å². The standard InChI is InChI=1S/4C5H6O/c4*1-5-3-2-4-6-5/h4*2-4H,1H3. The first-order valence-corrected chi connectivity index (χ1v) is 7.58. The largest absolute Gasteiger partial charge is 0.470 e. The highest BCUT2D eigenvalue weighted by molar-refractivity contribution is 4.95. The summed E-state index contributed by atoms with van der Waals surface area (Å²) in [5.41, 5.74) is 0. The summed E-state index contributed by atoms with van der Waals surface area (Å²) in [5.74, 6) is 3.87. The Kier molecular flexibility index (Phi) is 9.31. The molecule has 4 heteroatoms. The highest BCUT2D eigenvalue weighted by Gasteiger charge is 1.77. The Balaban J connectivity index is 0.000000160. The zero-order chi connectivity index (χ0) is 17.6. The number of aryl methyl sites for hydroxylation is 4. The third-order valence-electron chi connectivity index (χ3n) is 2.65. The van der Waals surface area contributed by atoms with Crippen LogP contribution in [0.5, 0.6) is 0 Å². The van der Waals surface area contributed by atoms with Crippen LogP contribution in [0.2, 0.25) is 0 Å². The molecule has 4 aromatic heterocycles. The summed E-state index contributed by atoms with van der Waals surface area (Å²) in [6.07, 6.45) is 6.65. The van der Waals surface area contributed by atoms with E-state index in [0.29, 0.717) is 0 Å². The van der Waals surface area contributed by atoms with E-state index in [-0.39, 0.29) is 0 Å². The molecule has 4 heterocycles. The van der Waals surface area contributed by atoms with Gasteiger partial charge in [0.15, 0.2) is 0 Å². The maximum absolute atomic E-state index is 4.83. The van der Waals surface area contributed by atoms with Crippen molar-refractivity contribution in [2.75, 3.05) is 0 Å². The van der Waals surface area contributed by atoms with E-state index in [1.54, 1.807) is 25.1 Å². The lowest BCUT2D eigenvalue weighted by Crippen LogP contribution is -1.48. The Bertz CT molecular complexity index is 559. The Morgan fingerprint density at radius 3 is 0.667 bits per heavy atom. The minimum absolute atomic E-state index is 0.968. The number of furan rings is 4. The molecule has 4 rings (SSSR count). The molecule has 0 bridgehead atoms. The average Bonchev–Trinajstić information content (AvgIpc) is 3.31. The molecule has 0 amide bonds. The van der Waals surface area contributed by atoms with Crippen molar-refractivity contribution in [2.45, 2.75) is 27.7 Å². The summed E-state index contributed by atoms with van der Waals surface area (Å²) in [4.78, 5) is 0. The van der Waals surface area contributed by atoms with E-state index >= 15 is 0 Å². The van der Waals surface area contributed by atoms with Gasteiger partial charge in [-0.3, -0.25) is 0 Å². The Labute approximate surface area is 142 Å². The first kappa shape index (κ1) is 19.2. The van der Waals surface area contributed by atoms with Crippen LogP contribution in [0, 0.1) is 27.7 Å². The van der Waals surface area contributed by atoms with E-state index in [2.05, 4.69) is 0 Å². The third-order valence-corrected chi connectivity index (χ3v) is 2.65. The molecule has 0 aliphatic rings. The number of rotatable bonds is 0. The van der Waals surface area contributed by atoms with Crippen molar-refractivity contribution in [3.63, 3.8) is 0 Å². The van der Waals surface area contributed by atoms with Gasteiger partial charge < -0.3 is 17.7 Å². The van der Waals surface area contributed by atoms with Crippen molar-refractivity contribution in [3.8, 4) is 0 Å². The lowest BCUT2D eigenvalue weighted by Gasteiger charge is -1.69. The third kappa shape index (κ3) is 9.95. The summed E-state index contributed by atoms with van der Waals surface area (Å²) < 4.78 is 19.3. The monoisotopic (exact) mass is 328 g/mol. The molecule has 4 aromatic rings. The van der Waals surface area contributed by atoms with Crippen LogP contribution >= 0.6 is 0 Å². The minimum Gasteiger partial charge on any atom is -0.470 e. The molecule has 0 fully saturated rings. The fourth-order valence-electron chi connectivity index (χ4n) is 1.44. The van der Waals surface area contributed by atoms with Gasteiger partial charge in [-0.05, 0) is 76.2 Å². The smallest absolute Gasteiger partial charge is 0.100 e. The predicted octanol–water partition coefficient (Wildman–Crippen LogP) is 6.35. The fourth-order valence-corrected chi connectivity index (χ4v) is 1.44. The predicted molar refractivity (Wildman–Crippen MR) is 93.8 cm³/mol. The van der Waals surface area contributed by atoms with Gasteiger partial charge in [0, 0.05) is 0 Å². The molecular weight excluding hydrogens is 304 g/mol. The van der Waals surface area contributed by atoms with Gasteiger partial charge in [-0.25, -0.2) is 0 Å². The Hall–Kier alpha value is -2.88. The van der Waals surface area contributed by atoms with Gasteiger partial charge in [0.1, 0.15) is 23.0 Å². The molecule has 4 nitrogen and oxygen atoms in total. The summed E-state index contributed by atoms with van der Waals surface area (Å²) >= 11 is 0. The fraction of sp³-hybridized carbons (Fsp3) is 0.200. The molecule has 0 spiro atoms. The van der Waals surface area contributed by atoms with Crippen LogP contribution in [0.1, 0.15) is 23.0 Å². The van der Waals surface area contributed by atoms with Crippen LogP contribution < -0.4 is 0 Å². The van der Waals surface area contributed by atoms with Gasteiger partial charge in [0.25, 0.3) is 0 Å². The SMILES string of the molecule is Cc1ccco1.Cc1ccco1.Cc1ccco1.Cc1ccco1. The molecule has 0 unspecified atom stereocenters. The second-order valence-electron chi connectivity index (χ2n) is 4.89. The van der Waals surface area contributed by atoms with Gasteiger partial charge in [-0.1, -0.05) is 0 Å². The second kappa shape index (κ2) is 11.7. The molecule has 0 radical (unpaired) electrons. The molecule has 0 atom stereocenters. The van der Waals surface area contributed by atoms with Gasteiger partial charge in [0.05, 0.1) is 25.1 Å². The maximum Gasteiger partial charge on any atom is 0.100 e. The molecule has 0 aromatic carbocycles. The van der Waals surface area contributed by atoms with Crippen LogP contribution in [0.3, 0.4) is 0 Å². The summed E-state index contributed by atoms with van der Waals surface area (Å²) in [5, 5.41) is 0. The minimum atomic E-state index is 0.968. The molecule has 0 saturated heterocycles. The Morgan fingerprint density at radius 2 is 0.625 bits per heavy atom. The zero-order valence-corrected chi connectivity index (χ0v) is 14.6. The summed E-state index contributed by atoms with van der Waals surface area (Å²) in [7, 11) is 0. The van der Waals surface area contributed by atoms with E-state index < -0.39 is 0 Å². The van der Waals surface area contributed by atoms with E-state index in [9.17, 15) is 0 Å².